The maximum Gasteiger partial charge on any atom is 0.416 e. The molecule has 1 atom stereocenters. The number of alkyl halides is 3. The van der Waals surface area contributed by atoms with Crippen LogP contribution in [0.25, 0.3) is 0 Å². The number of amides is 1. The Morgan fingerprint density at radius 2 is 1.62 bits per heavy atom. The summed E-state index contributed by atoms with van der Waals surface area (Å²) < 4.78 is 38.3. The largest absolute Gasteiger partial charge is 0.416 e. The summed E-state index contributed by atoms with van der Waals surface area (Å²) in [6.45, 7) is 0.117. The number of carbonyl (C=O) groups excluding carboxylic acids is 1. The van der Waals surface area contributed by atoms with Gasteiger partial charge in [-0.3, -0.25) is 9.80 Å². The quantitative estimate of drug-likeness (QED) is 0.376. The van der Waals surface area contributed by atoms with E-state index in [1.54, 1.807) is 35.3 Å². The average Bonchev–Trinajstić information content (AvgIpc) is 3.21. The zero-order chi connectivity index (χ0) is 24.5. The lowest BCUT2D eigenvalue weighted by molar-refractivity contribution is -0.137. The molecule has 1 heterocycles. The fourth-order valence-electron chi connectivity index (χ4n) is 3.61. The Labute approximate surface area is 208 Å². The minimum Gasteiger partial charge on any atom is -0.347 e. The maximum absolute atomic E-state index is 12.8. The topological polar surface area (TPSA) is 44.7 Å². The van der Waals surface area contributed by atoms with Gasteiger partial charge in [0.05, 0.1) is 34.6 Å². The Morgan fingerprint density at radius 1 is 0.971 bits per heavy atom. The molecular weight excluding hydrogens is 510 g/mol. The maximum atomic E-state index is 12.8. The molecule has 10 heteroatoms. The van der Waals surface area contributed by atoms with Crippen molar-refractivity contribution in [3.8, 4) is 0 Å². The van der Waals surface area contributed by atoms with E-state index in [0.717, 1.165) is 29.8 Å². The van der Waals surface area contributed by atoms with Crippen LogP contribution in [0, 0.1) is 0 Å². The third kappa shape index (κ3) is 5.49. The first-order chi connectivity index (χ1) is 16.1. The van der Waals surface area contributed by atoms with Crippen LogP contribution in [0.5, 0.6) is 0 Å². The molecule has 1 N–H and O–H groups in total. The van der Waals surface area contributed by atoms with Crippen molar-refractivity contribution in [2.75, 3.05) is 11.6 Å². The van der Waals surface area contributed by atoms with E-state index in [1.165, 1.54) is 0 Å². The van der Waals surface area contributed by atoms with E-state index in [1.807, 2.05) is 12.1 Å². The lowest BCUT2D eigenvalue weighted by Gasteiger charge is -2.25. The fraction of sp³-hybridized carbons (Fsp3) is 0.167. The van der Waals surface area contributed by atoms with E-state index in [4.69, 9.17) is 34.8 Å². The van der Waals surface area contributed by atoms with Crippen molar-refractivity contribution in [3.05, 3.63) is 98.5 Å². The van der Waals surface area contributed by atoms with Crippen LogP contribution < -0.4 is 10.3 Å². The summed E-state index contributed by atoms with van der Waals surface area (Å²) in [5, 5.41) is 10.7. The molecule has 0 aliphatic carbocycles. The molecule has 176 valence electrons. The standard InChI is InChI=1S/C24H17Cl3F3N3O/c25-17-7-3-14(4-8-17)22-12-19(32-33(22)21-10-9-18(26)11-20(21)27)13-31-23(34)15-1-5-16(6-2-15)24(28,29)30/h1-11,22H,12-13H2,(H,31,34). The minimum absolute atomic E-state index is 0.117. The Morgan fingerprint density at radius 3 is 2.24 bits per heavy atom. The normalized spacial score (nSPS) is 15.9. The Hall–Kier alpha value is -2.74. The van der Waals surface area contributed by atoms with Gasteiger partial charge in [0.15, 0.2) is 0 Å². The fourth-order valence-corrected chi connectivity index (χ4v) is 4.23. The molecule has 0 fully saturated rings. The number of hydrogen-bond acceptors (Lipinski definition) is 3. The van der Waals surface area contributed by atoms with Gasteiger partial charge >= 0.3 is 6.18 Å². The monoisotopic (exact) mass is 525 g/mol. The van der Waals surface area contributed by atoms with Crippen molar-refractivity contribution >= 4 is 52.1 Å². The molecule has 1 amide bonds. The van der Waals surface area contributed by atoms with E-state index in [2.05, 4.69) is 10.4 Å². The first kappa shape index (κ1) is 24.4. The third-order valence-corrected chi connectivity index (χ3v) is 6.10. The highest BCUT2D eigenvalue weighted by molar-refractivity contribution is 6.36. The molecular formula is C24H17Cl3F3N3O. The first-order valence-corrected chi connectivity index (χ1v) is 11.3. The lowest BCUT2D eigenvalue weighted by atomic mass is 10.0. The zero-order valence-electron chi connectivity index (χ0n) is 17.4. The molecule has 0 aromatic heterocycles. The Kier molecular flexibility index (Phi) is 7.07. The van der Waals surface area contributed by atoms with Crippen LogP contribution >= 0.6 is 34.8 Å². The molecule has 0 bridgehead atoms. The molecule has 4 rings (SSSR count). The van der Waals surface area contributed by atoms with Crippen molar-refractivity contribution in [1.29, 1.82) is 0 Å². The van der Waals surface area contributed by atoms with Gasteiger partial charge in [-0.15, -0.1) is 0 Å². The van der Waals surface area contributed by atoms with Gasteiger partial charge in [0.1, 0.15) is 0 Å². The van der Waals surface area contributed by atoms with E-state index >= 15 is 0 Å². The lowest BCUT2D eigenvalue weighted by Crippen LogP contribution is -2.29. The summed E-state index contributed by atoms with van der Waals surface area (Å²) in [7, 11) is 0. The molecule has 0 saturated carbocycles. The summed E-state index contributed by atoms with van der Waals surface area (Å²) in [5.41, 5.74) is 1.58. The molecule has 4 nitrogen and oxygen atoms in total. The molecule has 3 aromatic rings. The number of halogens is 6. The number of nitrogens with one attached hydrogen (secondary N) is 1. The summed E-state index contributed by atoms with van der Waals surface area (Å²) in [6, 6.07) is 16.3. The Bertz CT molecular complexity index is 1230. The van der Waals surface area contributed by atoms with Crippen molar-refractivity contribution in [1.82, 2.24) is 5.32 Å². The van der Waals surface area contributed by atoms with Gasteiger partial charge < -0.3 is 5.32 Å². The van der Waals surface area contributed by atoms with E-state index in [0.29, 0.717) is 32.9 Å². The van der Waals surface area contributed by atoms with Crippen LogP contribution in [-0.2, 0) is 6.18 Å². The summed E-state index contributed by atoms with van der Waals surface area (Å²) in [5.74, 6) is -0.498. The molecule has 3 aromatic carbocycles. The van der Waals surface area contributed by atoms with Gasteiger partial charge in [-0.2, -0.15) is 18.3 Å². The van der Waals surface area contributed by atoms with Crippen molar-refractivity contribution in [2.24, 2.45) is 5.10 Å². The van der Waals surface area contributed by atoms with Crippen LogP contribution in [0.2, 0.25) is 15.1 Å². The smallest absolute Gasteiger partial charge is 0.347 e. The van der Waals surface area contributed by atoms with Crippen LogP contribution in [0.4, 0.5) is 18.9 Å². The number of hydrogen-bond donors (Lipinski definition) is 1. The molecule has 0 saturated heterocycles. The molecule has 1 unspecified atom stereocenters. The Balaban J connectivity index is 1.53. The number of anilines is 1. The van der Waals surface area contributed by atoms with E-state index in [9.17, 15) is 18.0 Å². The van der Waals surface area contributed by atoms with Crippen LogP contribution in [0.3, 0.4) is 0 Å². The van der Waals surface area contributed by atoms with Gasteiger partial charge in [-0.05, 0) is 60.2 Å². The second-order valence-corrected chi connectivity index (χ2v) is 8.92. The van der Waals surface area contributed by atoms with Gasteiger partial charge in [0, 0.05) is 22.0 Å². The van der Waals surface area contributed by atoms with Crippen LogP contribution in [0.15, 0.2) is 71.8 Å². The second-order valence-electron chi connectivity index (χ2n) is 7.64. The van der Waals surface area contributed by atoms with Gasteiger partial charge in [-0.1, -0.05) is 46.9 Å². The molecule has 0 radical (unpaired) electrons. The number of hydrazone groups is 1. The highest BCUT2D eigenvalue weighted by atomic mass is 35.5. The summed E-state index contributed by atoms with van der Waals surface area (Å²) in [4.78, 5) is 12.5. The number of benzene rings is 3. The van der Waals surface area contributed by atoms with Crippen molar-refractivity contribution in [2.45, 2.75) is 18.6 Å². The van der Waals surface area contributed by atoms with Gasteiger partial charge in [0.2, 0.25) is 0 Å². The van der Waals surface area contributed by atoms with Crippen LogP contribution in [0.1, 0.15) is 33.9 Å². The number of carbonyl (C=O) groups is 1. The summed E-state index contributed by atoms with van der Waals surface area (Å²) >= 11 is 18.5. The molecule has 0 spiro atoms. The molecule has 1 aliphatic heterocycles. The van der Waals surface area contributed by atoms with Crippen LogP contribution in [-0.4, -0.2) is 18.2 Å². The third-order valence-electron chi connectivity index (χ3n) is 5.31. The second kappa shape index (κ2) is 9.86. The molecule has 1 aliphatic rings. The highest BCUT2D eigenvalue weighted by Gasteiger charge is 2.31. The van der Waals surface area contributed by atoms with E-state index < -0.39 is 17.6 Å². The first-order valence-electron chi connectivity index (χ1n) is 10.1. The zero-order valence-corrected chi connectivity index (χ0v) is 19.7. The van der Waals surface area contributed by atoms with Gasteiger partial charge in [-0.25, -0.2) is 0 Å². The average molecular weight is 527 g/mol. The SMILES string of the molecule is O=C(NCC1=NN(c2ccc(Cl)cc2Cl)C(c2ccc(Cl)cc2)C1)c1ccc(C(F)(F)F)cc1. The number of nitrogens with zero attached hydrogens (tertiary/aromatic N) is 2. The van der Waals surface area contributed by atoms with Gasteiger partial charge in [0.25, 0.3) is 5.91 Å². The number of rotatable bonds is 5. The summed E-state index contributed by atoms with van der Waals surface area (Å²) in [6.07, 6.45) is -3.97. The highest BCUT2D eigenvalue weighted by Crippen LogP contribution is 2.39. The van der Waals surface area contributed by atoms with Crippen molar-refractivity contribution < 1.29 is 18.0 Å². The van der Waals surface area contributed by atoms with E-state index in [-0.39, 0.29) is 18.2 Å². The van der Waals surface area contributed by atoms with Crippen molar-refractivity contribution in [3.63, 3.8) is 0 Å². The predicted octanol–water partition coefficient (Wildman–Crippen LogP) is 7.40. The minimum atomic E-state index is -4.46. The molecule has 34 heavy (non-hydrogen) atoms. The predicted molar refractivity (Wildman–Crippen MR) is 129 cm³/mol.